The van der Waals surface area contributed by atoms with Gasteiger partial charge in [0.15, 0.2) is 0 Å². The quantitative estimate of drug-likeness (QED) is 0.138. The van der Waals surface area contributed by atoms with Crippen LogP contribution in [-0.4, -0.2) is 43.7 Å². The zero-order valence-electron chi connectivity index (χ0n) is 26.2. The number of para-hydroxylation sites is 2. The van der Waals surface area contributed by atoms with Crippen LogP contribution in [0.15, 0.2) is 97.2 Å². The highest BCUT2D eigenvalue weighted by molar-refractivity contribution is 6.12. The first-order valence-electron chi connectivity index (χ1n) is 15.7. The summed E-state index contributed by atoms with van der Waals surface area (Å²) < 4.78 is 21.9. The van der Waals surface area contributed by atoms with Gasteiger partial charge in [-0.2, -0.15) is 0 Å². The van der Waals surface area contributed by atoms with E-state index in [1.54, 1.807) is 24.4 Å². The fourth-order valence-electron chi connectivity index (χ4n) is 6.09. The second-order valence-corrected chi connectivity index (χ2v) is 11.9. The van der Waals surface area contributed by atoms with Crippen molar-refractivity contribution in [1.82, 2.24) is 14.5 Å². The first-order valence-corrected chi connectivity index (χ1v) is 15.7. The molecule has 47 heavy (non-hydrogen) atoms. The van der Waals surface area contributed by atoms with Crippen LogP contribution in [0.25, 0.3) is 22.5 Å². The van der Waals surface area contributed by atoms with Crippen molar-refractivity contribution in [2.24, 2.45) is 0 Å². The van der Waals surface area contributed by atoms with Crippen LogP contribution < -0.4 is 10.6 Å². The smallest absolute Gasteiger partial charge is 0.308 e. The molecule has 10 heteroatoms. The number of carbonyl (C=O) groups excluding carboxylic acids is 2. The Morgan fingerprint density at radius 1 is 1.00 bits per heavy atom. The molecule has 3 heterocycles. The van der Waals surface area contributed by atoms with Crippen molar-refractivity contribution in [2.75, 3.05) is 10.6 Å². The first kappa shape index (κ1) is 31.6. The topological polar surface area (TPSA) is 118 Å². The summed E-state index contributed by atoms with van der Waals surface area (Å²) in [4.78, 5) is 35.9. The number of amides is 1. The Hall–Kier alpha value is -5.35. The molecule has 1 saturated heterocycles. The van der Waals surface area contributed by atoms with Crippen molar-refractivity contribution in [3.8, 4) is 22.5 Å². The van der Waals surface area contributed by atoms with E-state index in [1.165, 1.54) is 12.1 Å². The Balaban J connectivity index is 1.55. The molecule has 0 bridgehead atoms. The number of anilines is 3. The summed E-state index contributed by atoms with van der Waals surface area (Å²) in [6, 6.07) is 26.6. The van der Waals surface area contributed by atoms with Crippen molar-refractivity contribution < 1.29 is 23.8 Å². The van der Waals surface area contributed by atoms with Crippen LogP contribution in [0.5, 0.6) is 0 Å². The summed E-state index contributed by atoms with van der Waals surface area (Å²) >= 11 is 0. The number of ether oxygens (including phenoxy) is 1. The third kappa shape index (κ3) is 7.23. The molecule has 9 nitrogen and oxygen atoms in total. The Labute approximate surface area is 272 Å². The molecule has 1 fully saturated rings. The van der Waals surface area contributed by atoms with Crippen LogP contribution in [0.1, 0.15) is 55.1 Å². The summed E-state index contributed by atoms with van der Waals surface area (Å²) in [5, 5.41) is 16.6. The standard InChI is InChI=1S/C37H36FN5O4/c1-23(2)34-33(36(46)40-26-9-5-3-6-10-26)32(30-17-19-39-37(42-30)41-27-11-7-4-8-12-27)35(24-13-15-25(38)16-14-24)43(34)20-18-29-21-28(44)22-31(45)47-29/h3-17,19,23,28-29,44H,18,20-22H2,1-2H3,(H,40,46)(H,39,41,42)/t28-,29-/m1/s1. The Morgan fingerprint density at radius 2 is 1.68 bits per heavy atom. The highest BCUT2D eigenvalue weighted by Crippen LogP contribution is 2.42. The number of aromatic nitrogens is 3. The van der Waals surface area contributed by atoms with Crippen LogP contribution in [0.2, 0.25) is 0 Å². The lowest BCUT2D eigenvalue weighted by atomic mass is 9.97. The van der Waals surface area contributed by atoms with E-state index in [9.17, 15) is 19.1 Å². The molecule has 5 aromatic rings. The first-order chi connectivity index (χ1) is 22.8. The molecule has 2 aromatic heterocycles. The molecule has 1 aliphatic heterocycles. The number of aliphatic hydroxyl groups is 1. The maximum atomic E-state index is 14.4. The molecule has 1 aliphatic rings. The summed E-state index contributed by atoms with van der Waals surface area (Å²) in [5.74, 6) is -0.947. The van der Waals surface area contributed by atoms with Gasteiger partial charge in [-0.25, -0.2) is 14.4 Å². The summed E-state index contributed by atoms with van der Waals surface area (Å²) in [6.07, 6.45) is 1.06. The third-order valence-electron chi connectivity index (χ3n) is 8.08. The zero-order valence-corrected chi connectivity index (χ0v) is 26.2. The van der Waals surface area contributed by atoms with E-state index < -0.39 is 18.2 Å². The molecule has 240 valence electrons. The molecule has 0 saturated carbocycles. The summed E-state index contributed by atoms with van der Waals surface area (Å²) in [5.41, 5.74) is 5.00. The Bertz CT molecular complexity index is 1860. The van der Waals surface area contributed by atoms with Crippen LogP contribution >= 0.6 is 0 Å². The fraction of sp³-hybridized carbons (Fsp3) is 0.243. The number of hydrogen-bond donors (Lipinski definition) is 3. The van der Waals surface area contributed by atoms with Gasteiger partial charge in [0.1, 0.15) is 11.9 Å². The van der Waals surface area contributed by atoms with E-state index in [-0.39, 0.29) is 24.1 Å². The number of carbonyl (C=O) groups is 2. The van der Waals surface area contributed by atoms with E-state index >= 15 is 0 Å². The predicted octanol–water partition coefficient (Wildman–Crippen LogP) is 7.33. The van der Waals surface area contributed by atoms with Gasteiger partial charge in [-0.15, -0.1) is 0 Å². The van der Waals surface area contributed by atoms with Crippen LogP contribution in [0.4, 0.5) is 21.7 Å². The lowest BCUT2D eigenvalue weighted by Crippen LogP contribution is -2.33. The van der Waals surface area contributed by atoms with E-state index in [0.717, 1.165) is 11.4 Å². The van der Waals surface area contributed by atoms with Crippen LogP contribution in [0.3, 0.4) is 0 Å². The van der Waals surface area contributed by atoms with Gasteiger partial charge in [0, 0.05) is 48.2 Å². The molecule has 3 N–H and O–H groups in total. The fourth-order valence-corrected chi connectivity index (χ4v) is 6.09. The van der Waals surface area contributed by atoms with E-state index in [2.05, 4.69) is 15.6 Å². The molecular weight excluding hydrogens is 597 g/mol. The highest BCUT2D eigenvalue weighted by Gasteiger charge is 2.33. The van der Waals surface area contributed by atoms with Crippen molar-refractivity contribution in [3.63, 3.8) is 0 Å². The molecule has 0 radical (unpaired) electrons. The molecule has 0 aliphatic carbocycles. The number of hydrogen-bond acceptors (Lipinski definition) is 7. The number of aliphatic hydroxyl groups excluding tert-OH is 1. The molecule has 2 atom stereocenters. The molecule has 1 amide bonds. The minimum absolute atomic E-state index is 0.0287. The molecular formula is C37H36FN5O4. The second-order valence-electron chi connectivity index (χ2n) is 11.9. The normalized spacial score (nSPS) is 16.1. The third-order valence-corrected chi connectivity index (χ3v) is 8.08. The number of benzene rings is 3. The van der Waals surface area contributed by atoms with Gasteiger partial charge in [0.2, 0.25) is 5.95 Å². The SMILES string of the molecule is CC(C)c1c(C(=O)Nc2ccccc2)c(-c2ccnc(Nc3ccccc3)n2)c(-c2ccc(F)cc2)n1CC[C@@H]1C[C@@H](O)CC(=O)O1. The van der Waals surface area contributed by atoms with Gasteiger partial charge in [-0.05, 0) is 66.1 Å². The van der Waals surface area contributed by atoms with Crippen molar-refractivity contribution in [3.05, 3.63) is 114 Å². The lowest BCUT2D eigenvalue weighted by molar-refractivity contribution is -0.160. The van der Waals surface area contributed by atoms with Gasteiger partial charge >= 0.3 is 5.97 Å². The van der Waals surface area contributed by atoms with Crippen LogP contribution in [-0.2, 0) is 16.1 Å². The largest absolute Gasteiger partial charge is 0.462 e. The number of nitrogens with one attached hydrogen (secondary N) is 2. The number of nitrogens with zero attached hydrogens (tertiary/aromatic N) is 3. The maximum Gasteiger partial charge on any atom is 0.308 e. The predicted molar refractivity (Wildman–Crippen MR) is 179 cm³/mol. The zero-order chi connectivity index (χ0) is 32.9. The summed E-state index contributed by atoms with van der Waals surface area (Å²) in [7, 11) is 0. The maximum absolute atomic E-state index is 14.4. The van der Waals surface area contributed by atoms with Gasteiger partial charge in [0.05, 0.1) is 29.5 Å². The van der Waals surface area contributed by atoms with Gasteiger partial charge < -0.3 is 25.0 Å². The molecule has 0 spiro atoms. The monoisotopic (exact) mass is 633 g/mol. The van der Waals surface area contributed by atoms with E-state index in [4.69, 9.17) is 9.72 Å². The second kappa shape index (κ2) is 14.0. The van der Waals surface area contributed by atoms with Crippen molar-refractivity contribution >= 4 is 29.2 Å². The van der Waals surface area contributed by atoms with Gasteiger partial charge in [-0.3, -0.25) is 9.59 Å². The summed E-state index contributed by atoms with van der Waals surface area (Å²) in [6.45, 7) is 4.38. The average molecular weight is 634 g/mol. The number of halogens is 1. The number of cyclic esters (lactones) is 1. The molecule has 6 rings (SSSR count). The Morgan fingerprint density at radius 3 is 2.34 bits per heavy atom. The highest BCUT2D eigenvalue weighted by atomic mass is 19.1. The van der Waals surface area contributed by atoms with Crippen molar-refractivity contribution in [2.45, 2.75) is 57.8 Å². The van der Waals surface area contributed by atoms with Crippen LogP contribution in [0, 0.1) is 5.82 Å². The molecule has 3 aromatic carbocycles. The minimum Gasteiger partial charge on any atom is -0.462 e. The van der Waals surface area contributed by atoms with Gasteiger partial charge in [-0.1, -0.05) is 50.2 Å². The lowest BCUT2D eigenvalue weighted by Gasteiger charge is -2.27. The minimum atomic E-state index is -0.772. The Kier molecular flexibility index (Phi) is 9.40. The number of rotatable bonds is 10. The van der Waals surface area contributed by atoms with Gasteiger partial charge in [0.25, 0.3) is 5.91 Å². The van der Waals surface area contributed by atoms with E-state index in [0.29, 0.717) is 59.1 Å². The van der Waals surface area contributed by atoms with E-state index in [1.807, 2.05) is 79.1 Å². The molecule has 0 unspecified atom stereocenters. The average Bonchev–Trinajstić information content (AvgIpc) is 3.40. The van der Waals surface area contributed by atoms with Crippen molar-refractivity contribution in [1.29, 1.82) is 0 Å². The number of esters is 1.